The number of hydrogen-bond acceptors (Lipinski definition) is 3. The van der Waals surface area contributed by atoms with E-state index in [1.807, 2.05) is 31.2 Å². The number of benzene rings is 2. The molecule has 0 saturated carbocycles. The van der Waals surface area contributed by atoms with Gasteiger partial charge < -0.3 is 4.74 Å². The van der Waals surface area contributed by atoms with Crippen LogP contribution >= 0.6 is 0 Å². The fourth-order valence-corrected chi connectivity index (χ4v) is 2.16. The Labute approximate surface area is 122 Å². The predicted molar refractivity (Wildman–Crippen MR) is 77.7 cm³/mol. The Morgan fingerprint density at radius 2 is 1.86 bits per heavy atom. The van der Waals surface area contributed by atoms with Crippen LogP contribution in [0.2, 0.25) is 0 Å². The van der Waals surface area contributed by atoms with E-state index in [0.29, 0.717) is 6.61 Å². The van der Waals surface area contributed by atoms with Crippen molar-refractivity contribution in [1.29, 1.82) is 0 Å². The molecule has 3 N–H and O–H groups in total. The lowest BCUT2D eigenvalue weighted by Crippen LogP contribution is -2.29. The summed E-state index contributed by atoms with van der Waals surface area (Å²) in [6, 6.07) is 11.2. The molecule has 0 aliphatic heterocycles. The third kappa shape index (κ3) is 3.77. The minimum atomic E-state index is -0.852. The molecule has 0 amide bonds. The van der Waals surface area contributed by atoms with Gasteiger partial charge in [0.2, 0.25) is 0 Å². The highest BCUT2D eigenvalue weighted by atomic mass is 19.2. The maximum atomic E-state index is 13.7. The summed E-state index contributed by atoms with van der Waals surface area (Å²) in [6.07, 6.45) is 0.258. The molecule has 0 aromatic heterocycles. The highest BCUT2D eigenvalue weighted by Gasteiger charge is 2.15. The number of nitrogens with one attached hydrogen (secondary N) is 1. The maximum Gasteiger partial charge on any atom is 0.162 e. The molecule has 0 radical (unpaired) electrons. The van der Waals surface area contributed by atoms with E-state index < -0.39 is 11.6 Å². The third-order valence-corrected chi connectivity index (χ3v) is 3.25. The smallest absolute Gasteiger partial charge is 0.162 e. The zero-order valence-corrected chi connectivity index (χ0v) is 11.8. The van der Waals surface area contributed by atoms with Gasteiger partial charge in [-0.3, -0.25) is 11.3 Å². The lowest BCUT2D eigenvalue weighted by molar-refractivity contribution is 0.340. The monoisotopic (exact) mass is 292 g/mol. The summed E-state index contributed by atoms with van der Waals surface area (Å²) in [4.78, 5) is 0. The zero-order valence-electron chi connectivity index (χ0n) is 11.8. The van der Waals surface area contributed by atoms with E-state index in [0.717, 1.165) is 17.4 Å². The van der Waals surface area contributed by atoms with Crippen LogP contribution in [-0.2, 0) is 6.42 Å². The summed E-state index contributed by atoms with van der Waals surface area (Å²) in [5.74, 6) is 4.62. The first kappa shape index (κ1) is 15.4. The van der Waals surface area contributed by atoms with Crippen molar-refractivity contribution >= 4 is 0 Å². The molecule has 0 bridgehead atoms. The van der Waals surface area contributed by atoms with Gasteiger partial charge in [0.05, 0.1) is 12.6 Å². The Hall–Kier alpha value is -1.98. The van der Waals surface area contributed by atoms with Crippen LogP contribution in [0.4, 0.5) is 8.78 Å². The Balaban J connectivity index is 2.17. The van der Waals surface area contributed by atoms with Gasteiger partial charge in [-0.1, -0.05) is 24.3 Å². The summed E-state index contributed by atoms with van der Waals surface area (Å²) < 4.78 is 32.3. The predicted octanol–water partition coefficient (Wildman–Crippen LogP) is 3.11. The van der Waals surface area contributed by atoms with Gasteiger partial charge in [-0.05, 0) is 42.7 Å². The van der Waals surface area contributed by atoms with Gasteiger partial charge in [-0.2, -0.15) is 0 Å². The van der Waals surface area contributed by atoms with Gasteiger partial charge in [-0.15, -0.1) is 0 Å². The van der Waals surface area contributed by atoms with E-state index >= 15 is 0 Å². The van der Waals surface area contributed by atoms with E-state index in [-0.39, 0.29) is 18.0 Å². The summed E-state index contributed by atoms with van der Waals surface area (Å²) in [5.41, 5.74) is 3.80. The largest absolute Gasteiger partial charge is 0.494 e. The van der Waals surface area contributed by atoms with Gasteiger partial charge in [0, 0.05) is 0 Å². The van der Waals surface area contributed by atoms with Gasteiger partial charge in [0.25, 0.3) is 0 Å². The summed E-state index contributed by atoms with van der Waals surface area (Å²) >= 11 is 0. The van der Waals surface area contributed by atoms with Crippen LogP contribution in [-0.4, -0.2) is 6.61 Å². The molecule has 112 valence electrons. The van der Waals surface area contributed by atoms with Crippen molar-refractivity contribution in [1.82, 2.24) is 5.43 Å². The van der Waals surface area contributed by atoms with Crippen LogP contribution in [0.3, 0.4) is 0 Å². The van der Waals surface area contributed by atoms with Crippen molar-refractivity contribution in [3.8, 4) is 5.75 Å². The first-order valence-electron chi connectivity index (χ1n) is 6.77. The Bertz CT molecular complexity index is 587. The molecule has 0 spiro atoms. The van der Waals surface area contributed by atoms with E-state index in [4.69, 9.17) is 10.6 Å². The molecule has 1 atom stereocenters. The molecule has 2 aromatic rings. The SMILES string of the molecule is CCOc1ccc(C(Cc2cccc(F)c2F)NN)cc1. The number of halogens is 2. The van der Waals surface area contributed by atoms with E-state index in [9.17, 15) is 8.78 Å². The maximum absolute atomic E-state index is 13.7. The van der Waals surface area contributed by atoms with Crippen molar-refractivity contribution < 1.29 is 13.5 Å². The van der Waals surface area contributed by atoms with Crippen LogP contribution in [0.25, 0.3) is 0 Å². The van der Waals surface area contributed by atoms with Crippen molar-refractivity contribution in [2.24, 2.45) is 5.84 Å². The van der Waals surface area contributed by atoms with Crippen LogP contribution in [0.15, 0.2) is 42.5 Å². The van der Waals surface area contributed by atoms with Gasteiger partial charge in [0.1, 0.15) is 5.75 Å². The average molecular weight is 292 g/mol. The van der Waals surface area contributed by atoms with E-state index in [2.05, 4.69) is 5.43 Å². The lowest BCUT2D eigenvalue weighted by atomic mass is 9.99. The second-order valence-electron chi connectivity index (χ2n) is 4.64. The fourth-order valence-electron chi connectivity index (χ4n) is 2.16. The molecule has 0 saturated heterocycles. The number of hydrogen-bond donors (Lipinski definition) is 2. The molecule has 21 heavy (non-hydrogen) atoms. The average Bonchev–Trinajstić information content (AvgIpc) is 2.50. The second-order valence-corrected chi connectivity index (χ2v) is 4.64. The van der Waals surface area contributed by atoms with E-state index in [1.54, 1.807) is 6.07 Å². The van der Waals surface area contributed by atoms with Crippen molar-refractivity contribution in [2.45, 2.75) is 19.4 Å². The normalized spacial score (nSPS) is 12.2. The minimum absolute atomic E-state index is 0.258. The van der Waals surface area contributed by atoms with Gasteiger partial charge in [-0.25, -0.2) is 8.78 Å². The van der Waals surface area contributed by atoms with Crippen molar-refractivity contribution in [2.75, 3.05) is 6.61 Å². The first-order chi connectivity index (χ1) is 10.2. The summed E-state index contributed by atoms with van der Waals surface area (Å²) in [6.45, 7) is 2.50. The van der Waals surface area contributed by atoms with Gasteiger partial charge in [0.15, 0.2) is 11.6 Å². The van der Waals surface area contributed by atoms with Crippen LogP contribution in [0.5, 0.6) is 5.75 Å². The first-order valence-corrected chi connectivity index (χ1v) is 6.77. The Kier molecular flexibility index (Phi) is 5.25. The Morgan fingerprint density at radius 3 is 2.48 bits per heavy atom. The molecule has 0 heterocycles. The third-order valence-electron chi connectivity index (χ3n) is 3.25. The molecule has 3 nitrogen and oxygen atoms in total. The molecule has 0 aliphatic carbocycles. The van der Waals surface area contributed by atoms with Crippen LogP contribution < -0.4 is 16.0 Å². The van der Waals surface area contributed by atoms with Gasteiger partial charge >= 0.3 is 0 Å². The molecule has 0 aliphatic rings. The molecule has 2 rings (SSSR count). The number of ether oxygens (including phenoxy) is 1. The molecule has 5 heteroatoms. The molecular weight excluding hydrogens is 274 g/mol. The summed E-state index contributed by atoms with van der Waals surface area (Å²) in [7, 11) is 0. The number of rotatable bonds is 6. The summed E-state index contributed by atoms with van der Waals surface area (Å²) in [5, 5.41) is 0. The lowest BCUT2D eigenvalue weighted by Gasteiger charge is -2.17. The number of hydrazine groups is 1. The Morgan fingerprint density at radius 1 is 1.14 bits per heavy atom. The van der Waals surface area contributed by atoms with Crippen molar-refractivity contribution in [3.63, 3.8) is 0 Å². The van der Waals surface area contributed by atoms with Crippen molar-refractivity contribution in [3.05, 3.63) is 65.2 Å². The highest BCUT2D eigenvalue weighted by molar-refractivity contribution is 5.31. The fraction of sp³-hybridized carbons (Fsp3) is 0.250. The van der Waals surface area contributed by atoms with Crippen LogP contribution in [0, 0.1) is 11.6 Å². The molecule has 1 unspecified atom stereocenters. The molecular formula is C16H18F2N2O. The standard InChI is InChI=1S/C16H18F2N2O/c1-2-21-13-8-6-11(7-9-13)15(20-19)10-12-4-3-5-14(17)16(12)18/h3-9,15,20H,2,10,19H2,1H3. The quantitative estimate of drug-likeness (QED) is 0.635. The second kappa shape index (κ2) is 7.15. The van der Waals surface area contributed by atoms with E-state index in [1.165, 1.54) is 6.07 Å². The molecule has 0 fully saturated rings. The topological polar surface area (TPSA) is 47.3 Å². The minimum Gasteiger partial charge on any atom is -0.494 e. The van der Waals surface area contributed by atoms with Crippen LogP contribution in [0.1, 0.15) is 24.1 Å². The zero-order chi connectivity index (χ0) is 15.2. The highest BCUT2D eigenvalue weighted by Crippen LogP contribution is 2.23. The number of nitrogens with two attached hydrogens (primary N) is 1. The molecule has 2 aromatic carbocycles.